The van der Waals surface area contributed by atoms with Gasteiger partial charge in [-0.15, -0.1) is 11.6 Å². The number of nitrogens with one attached hydrogen (secondary N) is 1. The molecule has 2 aromatic rings. The monoisotopic (exact) mass is 184 g/mol. The SMILES string of the molecule is ClCc1nc(-c2ncc[nH]2)no1. The molecule has 1 N–H and O–H groups in total. The third kappa shape index (κ3) is 1.18. The van der Waals surface area contributed by atoms with Crippen LogP contribution in [0.1, 0.15) is 5.89 Å². The summed E-state index contributed by atoms with van der Waals surface area (Å²) in [5.74, 6) is 1.61. The van der Waals surface area contributed by atoms with Crippen LogP contribution in [-0.2, 0) is 5.88 Å². The molecule has 0 atom stereocenters. The molecule has 0 radical (unpaired) electrons. The van der Waals surface area contributed by atoms with E-state index in [1.54, 1.807) is 12.4 Å². The van der Waals surface area contributed by atoms with E-state index in [0.29, 0.717) is 17.5 Å². The molecular weight excluding hydrogens is 180 g/mol. The highest BCUT2D eigenvalue weighted by molar-refractivity contribution is 6.16. The molecule has 0 aliphatic carbocycles. The molecule has 0 amide bonds. The highest BCUT2D eigenvalue weighted by atomic mass is 35.5. The number of hydrogen-bond donors (Lipinski definition) is 1. The van der Waals surface area contributed by atoms with Gasteiger partial charge in [0.05, 0.1) is 0 Å². The van der Waals surface area contributed by atoms with E-state index in [2.05, 4.69) is 20.1 Å². The predicted molar refractivity (Wildman–Crippen MR) is 41.4 cm³/mol. The Morgan fingerprint density at radius 1 is 1.58 bits per heavy atom. The van der Waals surface area contributed by atoms with Crippen molar-refractivity contribution in [1.29, 1.82) is 0 Å². The Kier molecular flexibility index (Phi) is 1.79. The zero-order valence-corrected chi connectivity index (χ0v) is 6.75. The molecule has 0 saturated carbocycles. The van der Waals surface area contributed by atoms with Crippen LogP contribution >= 0.6 is 11.6 Å². The van der Waals surface area contributed by atoms with E-state index >= 15 is 0 Å². The van der Waals surface area contributed by atoms with Crippen LogP contribution in [0.3, 0.4) is 0 Å². The van der Waals surface area contributed by atoms with Gasteiger partial charge in [0.15, 0.2) is 5.82 Å². The van der Waals surface area contributed by atoms with Gasteiger partial charge in [-0.25, -0.2) is 4.98 Å². The Labute approximate surface area is 72.8 Å². The molecule has 5 nitrogen and oxygen atoms in total. The van der Waals surface area contributed by atoms with Crippen molar-refractivity contribution in [2.24, 2.45) is 0 Å². The second-order valence-electron chi connectivity index (χ2n) is 2.08. The molecule has 0 aromatic carbocycles. The lowest BCUT2D eigenvalue weighted by molar-refractivity contribution is 0.390. The molecule has 62 valence electrons. The van der Waals surface area contributed by atoms with Crippen LogP contribution in [-0.4, -0.2) is 20.1 Å². The highest BCUT2D eigenvalue weighted by Crippen LogP contribution is 2.10. The summed E-state index contributed by atoms with van der Waals surface area (Å²) in [5.41, 5.74) is 0. The van der Waals surface area contributed by atoms with E-state index in [0.717, 1.165) is 0 Å². The first-order valence-electron chi connectivity index (χ1n) is 3.28. The standard InChI is InChI=1S/C6H5ClN4O/c7-3-4-10-6(11-12-4)5-8-1-2-9-5/h1-2H,3H2,(H,8,9). The summed E-state index contributed by atoms with van der Waals surface area (Å²) in [6.07, 6.45) is 3.30. The van der Waals surface area contributed by atoms with Gasteiger partial charge in [-0.2, -0.15) is 4.98 Å². The van der Waals surface area contributed by atoms with E-state index < -0.39 is 0 Å². The number of halogens is 1. The molecule has 0 unspecified atom stereocenters. The summed E-state index contributed by atoms with van der Waals surface area (Å²) < 4.78 is 4.78. The maximum Gasteiger partial charge on any atom is 0.241 e. The van der Waals surface area contributed by atoms with E-state index in [9.17, 15) is 0 Å². The minimum atomic E-state index is 0.216. The van der Waals surface area contributed by atoms with Gasteiger partial charge >= 0.3 is 0 Å². The quantitative estimate of drug-likeness (QED) is 0.713. The maximum absolute atomic E-state index is 5.47. The third-order valence-electron chi connectivity index (χ3n) is 1.29. The Morgan fingerprint density at radius 2 is 2.50 bits per heavy atom. The molecule has 12 heavy (non-hydrogen) atoms. The fourth-order valence-electron chi connectivity index (χ4n) is 0.793. The topological polar surface area (TPSA) is 67.6 Å². The Hall–Kier alpha value is -1.36. The van der Waals surface area contributed by atoms with Gasteiger partial charge in [0.1, 0.15) is 5.88 Å². The van der Waals surface area contributed by atoms with E-state index in [4.69, 9.17) is 16.1 Å². The van der Waals surface area contributed by atoms with Crippen molar-refractivity contribution in [3.05, 3.63) is 18.3 Å². The number of aromatic amines is 1. The van der Waals surface area contributed by atoms with Gasteiger partial charge in [-0.3, -0.25) is 0 Å². The molecule has 0 aliphatic rings. The lowest BCUT2D eigenvalue weighted by Crippen LogP contribution is -1.82. The summed E-state index contributed by atoms with van der Waals surface area (Å²) in [6, 6.07) is 0. The first-order chi connectivity index (χ1) is 5.90. The average Bonchev–Trinajstić information content (AvgIpc) is 2.75. The summed E-state index contributed by atoms with van der Waals surface area (Å²) >= 11 is 5.47. The van der Waals surface area contributed by atoms with Gasteiger partial charge in [0, 0.05) is 12.4 Å². The van der Waals surface area contributed by atoms with Crippen molar-refractivity contribution in [2.75, 3.05) is 0 Å². The van der Waals surface area contributed by atoms with Crippen molar-refractivity contribution in [3.8, 4) is 11.6 Å². The number of alkyl halides is 1. The number of rotatable bonds is 2. The molecule has 0 aliphatic heterocycles. The normalized spacial score (nSPS) is 10.4. The third-order valence-corrected chi connectivity index (χ3v) is 1.52. The van der Waals surface area contributed by atoms with Gasteiger partial charge in [-0.05, 0) is 0 Å². The van der Waals surface area contributed by atoms with Gasteiger partial charge in [-0.1, -0.05) is 5.16 Å². The van der Waals surface area contributed by atoms with Gasteiger partial charge in [0.2, 0.25) is 11.7 Å². The smallest absolute Gasteiger partial charge is 0.241 e. The second-order valence-corrected chi connectivity index (χ2v) is 2.35. The summed E-state index contributed by atoms with van der Waals surface area (Å²) in [5, 5.41) is 3.67. The van der Waals surface area contributed by atoms with Gasteiger partial charge < -0.3 is 9.51 Å². The molecule has 2 heterocycles. The number of H-pyrrole nitrogens is 1. The molecule has 0 fully saturated rings. The highest BCUT2D eigenvalue weighted by Gasteiger charge is 2.08. The fraction of sp³-hybridized carbons (Fsp3) is 0.167. The number of hydrogen-bond acceptors (Lipinski definition) is 4. The second kappa shape index (κ2) is 2.94. The van der Waals surface area contributed by atoms with Crippen LogP contribution in [0.25, 0.3) is 11.6 Å². The molecule has 0 saturated heterocycles. The van der Waals surface area contributed by atoms with Crippen LogP contribution in [0, 0.1) is 0 Å². The lowest BCUT2D eigenvalue weighted by atomic mass is 10.6. The van der Waals surface area contributed by atoms with Crippen LogP contribution in [0.5, 0.6) is 0 Å². The summed E-state index contributed by atoms with van der Waals surface area (Å²) in [6.45, 7) is 0. The van der Waals surface area contributed by atoms with E-state index in [-0.39, 0.29) is 5.88 Å². The lowest BCUT2D eigenvalue weighted by Gasteiger charge is -1.81. The zero-order valence-electron chi connectivity index (χ0n) is 5.99. The Balaban J connectivity index is 2.35. The largest absolute Gasteiger partial charge is 0.342 e. The average molecular weight is 185 g/mol. The van der Waals surface area contributed by atoms with Crippen molar-refractivity contribution < 1.29 is 4.52 Å². The zero-order chi connectivity index (χ0) is 8.39. The van der Waals surface area contributed by atoms with Crippen molar-refractivity contribution in [1.82, 2.24) is 20.1 Å². The minimum Gasteiger partial charge on any atom is -0.342 e. The number of imidazole rings is 1. The molecule has 0 spiro atoms. The first kappa shape index (κ1) is 7.30. The Bertz CT molecular complexity index is 355. The van der Waals surface area contributed by atoms with Crippen LogP contribution < -0.4 is 0 Å². The minimum absolute atomic E-state index is 0.216. The Morgan fingerprint density at radius 3 is 3.08 bits per heavy atom. The maximum atomic E-state index is 5.47. The molecule has 2 aromatic heterocycles. The van der Waals surface area contributed by atoms with Crippen LogP contribution in [0.4, 0.5) is 0 Å². The number of nitrogens with zero attached hydrogens (tertiary/aromatic N) is 3. The predicted octanol–water partition coefficient (Wildman–Crippen LogP) is 1.20. The fourth-order valence-corrected chi connectivity index (χ4v) is 0.901. The molecule has 6 heteroatoms. The molecule has 0 bridgehead atoms. The first-order valence-corrected chi connectivity index (χ1v) is 3.82. The van der Waals surface area contributed by atoms with E-state index in [1.165, 1.54) is 0 Å². The number of aromatic nitrogens is 4. The van der Waals surface area contributed by atoms with Crippen LogP contribution in [0.2, 0.25) is 0 Å². The summed E-state index contributed by atoms with van der Waals surface area (Å²) in [4.78, 5) is 10.8. The van der Waals surface area contributed by atoms with Crippen molar-refractivity contribution in [2.45, 2.75) is 5.88 Å². The molecular formula is C6H5ClN4O. The van der Waals surface area contributed by atoms with Gasteiger partial charge in [0.25, 0.3) is 0 Å². The molecule has 2 rings (SSSR count). The van der Waals surface area contributed by atoms with Crippen LogP contribution in [0.15, 0.2) is 16.9 Å². The van der Waals surface area contributed by atoms with E-state index in [1.807, 2.05) is 0 Å². The van der Waals surface area contributed by atoms with Crippen molar-refractivity contribution in [3.63, 3.8) is 0 Å². The van der Waals surface area contributed by atoms with Crippen molar-refractivity contribution >= 4 is 11.6 Å². The summed E-state index contributed by atoms with van der Waals surface area (Å²) in [7, 11) is 0.